The standard InChI is InChI=1S/C15H27ClO3/c1-11(2)12-3-5-13(6-4-12)17-8-14(7-16)18-9-15-10-19-15/h11-15H,3-10H2,1-2H3. The van der Waals surface area contributed by atoms with Gasteiger partial charge in [-0.25, -0.2) is 0 Å². The molecular formula is C15H27ClO3. The summed E-state index contributed by atoms with van der Waals surface area (Å²) in [5.74, 6) is 2.18. The minimum atomic E-state index is 0.00805. The quantitative estimate of drug-likeness (QED) is 0.508. The normalized spacial score (nSPS) is 32.5. The zero-order valence-corrected chi connectivity index (χ0v) is 12.9. The van der Waals surface area contributed by atoms with E-state index in [0.717, 1.165) is 18.4 Å². The van der Waals surface area contributed by atoms with Crippen molar-refractivity contribution in [2.75, 3.05) is 25.7 Å². The Bertz CT molecular complexity index is 248. The fourth-order valence-electron chi connectivity index (χ4n) is 2.71. The van der Waals surface area contributed by atoms with Gasteiger partial charge in [0, 0.05) is 0 Å². The molecule has 2 atom stereocenters. The predicted octanol–water partition coefficient (Wildman–Crippen LogP) is 3.24. The molecule has 112 valence electrons. The third kappa shape index (κ3) is 5.58. The first-order valence-corrected chi connectivity index (χ1v) is 8.13. The summed E-state index contributed by atoms with van der Waals surface area (Å²) < 4.78 is 16.8. The van der Waals surface area contributed by atoms with Crippen molar-refractivity contribution in [1.82, 2.24) is 0 Å². The van der Waals surface area contributed by atoms with Gasteiger partial charge >= 0.3 is 0 Å². The van der Waals surface area contributed by atoms with Crippen molar-refractivity contribution in [3.8, 4) is 0 Å². The van der Waals surface area contributed by atoms with Gasteiger partial charge in [-0.05, 0) is 37.5 Å². The van der Waals surface area contributed by atoms with Crippen LogP contribution >= 0.6 is 11.6 Å². The van der Waals surface area contributed by atoms with Gasteiger partial charge in [0.05, 0.1) is 37.9 Å². The summed E-state index contributed by atoms with van der Waals surface area (Å²) in [5.41, 5.74) is 0. The summed E-state index contributed by atoms with van der Waals surface area (Å²) in [5, 5.41) is 0. The number of alkyl halides is 1. The number of hydrogen-bond acceptors (Lipinski definition) is 3. The number of rotatable bonds is 8. The van der Waals surface area contributed by atoms with E-state index < -0.39 is 0 Å². The van der Waals surface area contributed by atoms with Crippen LogP contribution < -0.4 is 0 Å². The van der Waals surface area contributed by atoms with Gasteiger partial charge in [0.1, 0.15) is 6.10 Å². The van der Waals surface area contributed by atoms with Crippen molar-refractivity contribution in [1.29, 1.82) is 0 Å². The van der Waals surface area contributed by atoms with Crippen LogP contribution in [-0.4, -0.2) is 44.0 Å². The molecule has 3 nitrogen and oxygen atoms in total. The molecule has 2 fully saturated rings. The molecule has 1 aliphatic heterocycles. The predicted molar refractivity (Wildman–Crippen MR) is 76.7 cm³/mol. The second-order valence-electron chi connectivity index (χ2n) is 6.18. The van der Waals surface area contributed by atoms with Crippen LogP contribution in [0.5, 0.6) is 0 Å². The van der Waals surface area contributed by atoms with Crippen molar-refractivity contribution >= 4 is 11.6 Å². The van der Waals surface area contributed by atoms with Crippen molar-refractivity contribution in [3.05, 3.63) is 0 Å². The summed E-state index contributed by atoms with van der Waals surface area (Å²) in [7, 11) is 0. The van der Waals surface area contributed by atoms with Crippen LogP contribution in [0.4, 0.5) is 0 Å². The Labute approximate surface area is 121 Å². The fraction of sp³-hybridized carbons (Fsp3) is 1.00. The molecule has 2 aliphatic rings. The molecule has 4 heteroatoms. The molecule has 0 N–H and O–H groups in total. The van der Waals surface area contributed by atoms with E-state index in [1.54, 1.807) is 0 Å². The number of epoxide rings is 1. The van der Waals surface area contributed by atoms with Gasteiger partial charge in [-0.2, -0.15) is 0 Å². The highest BCUT2D eigenvalue weighted by molar-refractivity contribution is 6.18. The van der Waals surface area contributed by atoms with E-state index in [9.17, 15) is 0 Å². The molecule has 1 aliphatic carbocycles. The Morgan fingerprint density at radius 3 is 2.42 bits per heavy atom. The molecule has 1 saturated carbocycles. The second-order valence-corrected chi connectivity index (χ2v) is 6.49. The second kappa shape index (κ2) is 7.82. The lowest BCUT2D eigenvalue weighted by Crippen LogP contribution is -2.30. The Morgan fingerprint density at radius 1 is 1.21 bits per heavy atom. The van der Waals surface area contributed by atoms with Gasteiger partial charge in [-0.3, -0.25) is 0 Å². The molecule has 0 aromatic rings. The molecule has 2 unspecified atom stereocenters. The molecule has 1 heterocycles. The maximum atomic E-state index is 5.97. The van der Waals surface area contributed by atoms with Crippen molar-refractivity contribution in [2.24, 2.45) is 11.8 Å². The van der Waals surface area contributed by atoms with Crippen molar-refractivity contribution in [3.63, 3.8) is 0 Å². The van der Waals surface area contributed by atoms with Crippen LogP contribution in [-0.2, 0) is 14.2 Å². The highest BCUT2D eigenvalue weighted by atomic mass is 35.5. The molecule has 1 saturated heterocycles. The summed E-state index contributed by atoms with van der Waals surface area (Å²) >= 11 is 5.91. The number of halogens is 1. The van der Waals surface area contributed by atoms with E-state index in [2.05, 4.69) is 13.8 Å². The third-order valence-electron chi connectivity index (χ3n) is 4.27. The molecule has 0 amide bonds. The van der Waals surface area contributed by atoms with Crippen LogP contribution in [0, 0.1) is 11.8 Å². The van der Waals surface area contributed by atoms with Crippen LogP contribution in [0.15, 0.2) is 0 Å². The van der Waals surface area contributed by atoms with Crippen LogP contribution in [0.2, 0.25) is 0 Å². The SMILES string of the molecule is CC(C)C1CCC(OCC(CCl)OCC2CO2)CC1. The summed E-state index contributed by atoms with van der Waals surface area (Å²) in [6, 6.07) is 0. The topological polar surface area (TPSA) is 31.0 Å². The molecule has 19 heavy (non-hydrogen) atoms. The zero-order chi connectivity index (χ0) is 13.7. The molecule has 0 aromatic carbocycles. The van der Waals surface area contributed by atoms with Crippen LogP contribution in [0.3, 0.4) is 0 Å². The highest BCUT2D eigenvalue weighted by Crippen LogP contribution is 2.31. The van der Waals surface area contributed by atoms with Gasteiger partial charge in [-0.1, -0.05) is 13.8 Å². The Balaban J connectivity index is 1.58. The van der Waals surface area contributed by atoms with E-state index in [1.165, 1.54) is 25.7 Å². The van der Waals surface area contributed by atoms with E-state index in [4.69, 9.17) is 25.8 Å². The summed E-state index contributed by atoms with van der Waals surface area (Å²) in [6.45, 7) is 6.75. The molecule has 0 spiro atoms. The van der Waals surface area contributed by atoms with Crippen LogP contribution in [0.1, 0.15) is 39.5 Å². The first-order valence-electron chi connectivity index (χ1n) is 7.59. The van der Waals surface area contributed by atoms with Gasteiger partial charge in [0.15, 0.2) is 0 Å². The summed E-state index contributed by atoms with van der Waals surface area (Å²) in [4.78, 5) is 0. The Hall–Kier alpha value is 0.170. The van der Waals surface area contributed by atoms with Gasteiger partial charge in [0.2, 0.25) is 0 Å². The lowest BCUT2D eigenvalue weighted by Gasteiger charge is -2.31. The van der Waals surface area contributed by atoms with Crippen molar-refractivity contribution in [2.45, 2.75) is 57.8 Å². The maximum absolute atomic E-state index is 5.97. The smallest absolute Gasteiger partial charge is 0.104 e. The van der Waals surface area contributed by atoms with Gasteiger partial charge in [0.25, 0.3) is 0 Å². The largest absolute Gasteiger partial charge is 0.375 e. The zero-order valence-electron chi connectivity index (χ0n) is 12.1. The molecule has 0 radical (unpaired) electrons. The Morgan fingerprint density at radius 2 is 1.89 bits per heavy atom. The molecular weight excluding hydrogens is 264 g/mol. The van der Waals surface area contributed by atoms with Gasteiger partial charge in [-0.15, -0.1) is 11.6 Å². The van der Waals surface area contributed by atoms with E-state index in [-0.39, 0.29) is 6.10 Å². The fourth-order valence-corrected chi connectivity index (χ4v) is 2.89. The molecule has 0 bridgehead atoms. The lowest BCUT2D eigenvalue weighted by molar-refractivity contribution is -0.0531. The highest BCUT2D eigenvalue weighted by Gasteiger charge is 2.26. The number of hydrogen-bond donors (Lipinski definition) is 0. The first-order chi connectivity index (χ1) is 9.19. The minimum absolute atomic E-state index is 0.00805. The summed E-state index contributed by atoms with van der Waals surface area (Å²) in [6.07, 6.45) is 5.67. The monoisotopic (exact) mass is 290 g/mol. The van der Waals surface area contributed by atoms with Crippen molar-refractivity contribution < 1.29 is 14.2 Å². The lowest BCUT2D eigenvalue weighted by atomic mass is 9.80. The number of ether oxygens (including phenoxy) is 3. The van der Waals surface area contributed by atoms with Gasteiger partial charge < -0.3 is 14.2 Å². The third-order valence-corrected chi connectivity index (χ3v) is 4.62. The first kappa shape index (κ1) is 15.6. The molecule has 2 rings (SSSR count). The van der Waals surface area contributed by atoms with E-state index in [1.807, 2.05) is 0 Å². The average Bonchev–Trinajstić information content (AvgIpc) is 3.23. The molecule has 0 aromatic heterocycles. The van der Waals surface area contributed by atoms with Crippen LogP contribution in [0.25, 0.3) is 0 Å². The van der Waals surface area contributed by atoms with E-state index >= 15 is 0 Å². The maximum Gasteiger partial charge on any atom is 0.104 e. The Kier molecular flexibility index (Phi) is 6.40. The average molecular weight is 291 g/mol. The minimum Gasteiger partial charge on any atom is -0.375 e. The van der Waals surface area contributed by atoms with E-state index in [0.29, 0.717) is 31.3 Å².